The van der Waals surface area contributed by atoms with Crippen molar-refractivity contribution in [3.63, 3.8) is 0 Å². The standard InChI is InChI=1S/C14H29N/c1-3-5-6-8-13-11-12(7-4-2)9-10-14(13)15/h12-14H,3-11,15H2,1-2H3. The highest BCUT2D eigenvalue weighted by atomic mass is 14.7. The van der Waals surface area contributed by atoms with Crippen LogP contribution < -0.4 is 5.73 Å². The lowest BCUT2D eigenvalue weighted by molar-refractivity contribution is 0.208. The van der Waals surface area contributed by atoms with Crippen molar-refractivity contribution in [3.8, 4) is 0 Å². The number of unbranched alkanes of at least 4 members (excludes halogenated alkanes) is 2. The molecule has 0 radical (unpaired) electrons. The van der Waals surface area contributed by atoms with Gasteiger partial charge in [-0.15, -0.1) is 0 Å². The molecule has 2 N–H and O–H groups in total. The van der Waals surface area contributed by atoms with Crippen molar-refractivity contribution in [1.29, 1.82) is 0 Å². The van der Waals surface area contributed by atoms with Crippen molar-refractivity contribution in [1.82, 2.24) is 0 Å². The van der Waals surface area contributed by atoms with Gasteiger partial charge in [0.1, 0.15) is 0 Å². The lowest BCUT2D eigenvalue weighted by atomic mass is 9.75. The van der Waals surface area contributed by atoms with Crippen LogP contribution in [-0.4, -0.2) is 6.04 Å². The molecule has 3 atom stereocenters. The molecule has 15 heavy (non-hydrogen) atoms. The fraction of sp³-hybridized carbons (Fsp3) is 1.00. The molecule has 0 aromatic heterocycles. The van der Waals surface area contributed by atoms with Crippen LogP contribution in [0.3, 0.4) is 0 Å². The van der Waals surface area contributed by atoms with Crippen LogP contribution in [-0.2, 0) is 0 Å². The van der Waals surface area contributed by atoms with Gasteiger partial charge in [0.2, 0.25) is 0 Å². The van der Waals surface area contributed by atoms with Crippen molar-refractivity contribution in [2.45, 2.75) is 77.7 Å². The molecule has 1 aliphatic carbocycles. The third-order valence-electron chi connectivity index (χ3n) is 4.03. The molecule has 1 saturated carbocycles. The van der Waals surface area contributed by atoms with Gasteiger partial charge in [0.25, 0.3) is 0 Å². The van der Waals surface area contributed by atoms with Gasteiger partial charge in [0.15, 0.2) is 0 Å². The van der Waals surface area contributed by atoms with Gasteiger partial charge in [-0.2, -0.15) is 0 Å². The van der Waals surface area contributed by atoms with Gasteiger partial charge in [-0.05, 0) is 37.5 Å². The summed E-state index contributed by atoms with van der Waals surface area (Å²) in [6.45, 7) is 4.58. The maximum Gasteiger partial charge on any atom is 0.00673 e. The second-order valence-corrected chi connectivity index (χ2v) is 5.39. The van der Waals surface area contributed by atoms with Crippen molar-refractivity contribution in [3.05, 3.63) is 0 Å². The normalized spacial score (nSPS) is 31.8. The van der Waals surface area contributed by atoms with Gasteiger partial charge in [-0.3, -0.25) is 0 Å². The summed E-state index contributed by atoms with van der Waals surface area (Å²) in [5, 5.41) is 0. The van der Waals surface area contributed by atoms with Crippen LogP contribution in [0.15, 0.2) is 0 Å². The summed E-state index contributed by atoms with van der Waals surface area (Å²) < 4.78 is 0. The molecule has 0 saturated heterocycles. The minimum Gasteiger partial charge on any atom is -0.327 e. The predicted octanol–water partition coefficient (Wildman–Crippen LogP) is 4.11. The van der Waals surface area contributed by atoms with Gasteiger partial charge in [-0.1, -0.05) is 46.0 Å². The highest BCUT2D eigenvalue weighted by Gasteiger charge is 2.26. The van der Waals surface area contributed by atoms with Crippen molar-refractivity contribution in [2.24, 2.45) is 17.6 Å². The number of hydrogen-bond acceptors (Lipinski definition) is 1. The highest BCUT2D eigenvalue weighted by molar-refractivity contribution is 4.82. The molecule has 1 aliphatic rings. The van der Waals surface area contributed by atoms with E-state index in [1.54, 1.807) is 0 Å². The Hall–Kier alpha value is -0.0400. The Labute approximate surface area is 95.8 Å². The minimum atomic E-state index is 0.509. The second-order valence-electron chi connectivity index (χ2n) is 5.39. The summed E-state index contributed by atoms with van der Waals surface area (Å²) in [5.74, 6) is 1.82. The molecule has 1 fully saturated rings. The summed E-state index contributed by atoms with van der Waals surface area (Å²) in [6.07, 6.45) is 12.4. The van der Waals surface area contributed by atoms with Crippen LogP contribution in [0.5, 0.6) is 0 Å². The maximum absolute atomic E-state index is 6.22. The van der Waals surface area contributed by atoms with Crippen LogP contribution in [0.2, 0.25) is 0 Å². The van der Waals surface area contributed by atoms with Crippen LogP contribution >= 0.6 is 0 Å². The Morgan fingerprint density at radius 1 is 1.00 bits per heavy atom. The molecule has 0 bridgehead atoms. The Balaban J connectivity index is 2.26. The lowest BCUT2D eigenvalue weighted by Crippen LogP contribution is -2.36. The maximum atomic E-state index is 6.22. The fourth-order valence-electron chi connectivity index (χ4n) is 3.04. The fourth-order valence-corrected chi connectivity index (χ4v) is 3.04. The average molecular weight is 211 g/mol. The molecular weight excluding hydrogens is 182 g/mol. The first-order chi connectivity index (χ1) is 7.27. The zero-order valence-corrected chi connectivity index (χ0v) is 10.7. The molecule has 1 nitrogen and oxygen atoms in total. The van der Waals surface area contributed by atoms with Crippen LogP contribution in [0.1, 0.15) is 71.6 Å². The van der Waals surface area contributed by atoms with Gasteiger partial charge < -0.3 is 5.73 Å². The summed E-state index contributed by atoms with van der Waals surface area (Å²) in [6, 6.07) is 0.509. The Kier molecular flexibility index (Phi) is 6.31. The van der Waals surface area contributed by atoms with Crippen LogP contribution in [0.4, 0.5) is 0 Å². The molecule has 3 unspecified atom stereocenters. The SMILES string of the molecule is CCCCCC1CC(CCC)CCC1N. The van der Waals surface area contributed by atoms with E-state index in [4.69, 9.17) is 5.73 Å². The molecule has 1 rings (SSSR count). The van der Waals surface area contributed by atoms with E-state index in [1.165, 1.54) is 57.8 Å². The van der Waals surface area contributed by atoms with Gasteiger partial charge in [-0.25, -0.2) is 0 Å². The number of rotatable bonds is 6. The molecule has 0 amide bonds. The topological polar surface area (TPSA) is 26.0 Å². The molecule has 0 spiro atoms. The summed E-state index contributed by atoms with van der Waals surface area (Å²) in [5.41, 5.74) is 6.22. The van der Waals surface area contributed by atoms with E-state index in [2.05, 4.69) is 13.8 Å². The van der Waals surface area contributed by atoms with Crippen molar-refractivity contribution in [2.75, 3.05) is 0 Å². The van der Waals surface area contributed by atoms with E-state index in [9.17, 15) is 0 Å². The number of nitrogens with two attached hydrogens (primary N) is 1. The molecule has 0 aromatic carbocycles. The largest absolute Gasteiger partial charge is 0.327 e. The van der Waals surface area contributed by atoms with Crippen LogP contribution in [0, 0.1) is 11.8 Å². The molecule has 0 heterocycles. The lowest BCUT2D eigenvalue weighted by Gasteiger charge is -2.34. The van der Waals surface area contributed by atoms with Gasteiger partial charge in [0.05, 0.1) is 0 Å². The van der Waals surface area contributed by atoms with Gasteiger partial charge in [0, 0.05) is 6.04 Å². The summed E-state index contributed by atoms with van der Waals surface area (Å²) in [7, 11) is 0. The Morgan fingerprint density at radius 2 is 1.80 bits per heavy atom. The predicted molar refractivity (Wildman–Crippen MR) is 67.9 cm³/mol. The third kappa shape index (κ3) is 4.55. The van der Waals surface area contributed by atoms with E-state index in [0.29, 0.717) is 6.04 Å². The molecule has 0 aromatic rings. The number of hydrogen-bond donors (Lipinski definition) is 1. The van der Waals surface area contributed by atoms with E-state index in [1.807, 2.05) is 0 Å². The van der Waals surface area contributed by atoms with E-state index >= 15 is 0 Å². The Morgan fingerprint density at radius 3 is 2.47 bits per heavy atom. The van der Waals surface area contributed by atoms with E-state index < -0.39 is 0 Å². The Bertz CT molecular complexity index is 155. The summed E-state index contributed by atoms with van der Waals surface area (Å²) >= 11 is 0. The first-order valence-corrected chi connectivity index (χ1v) is 7.03. The van der Waals surface area contributed by atoms with Crippen LogP contribution in [0.25, 0.3) is 0 Å². The zero-order chi connectivity index (χ0) is 11.1. The van der Waals surface area contributed by atoms with Crippen molar-refractivity contribution < 1.29 is 0 Å². The first kappa shape index (κ1) is 13.0. The minimum absolute atomic E-state index is 0.509. The van der Waals surface area contributed by atoms with Gasteiger partial charge >= 0.3 is 0 Å². The highest BCUT2D eigenvalue weighted by Crippen LogP contribution is 2.33. The van der Waals surface area contributed by atoms with Crippen molar-refractivity contribution >= 4 is 0 Å². The van der Waals surface area contributed by atoms with E-state index in [-0.39, 0.29) is 0 Å². The second kappa shape index (κ2) is 7.27. The molecule has 1 heteroatoms. The van der Waals surface area contributed by atoms with E-state index in [0.717, 1.165) is 11.8 Å². The quantitative estimate of drug-likeness (QED) is 0.657. The smallest absolute Gasteiger partial charge is 0.00673 e. The zero-order valence-electron chi connectivity index (χ0n) is 10.7. The average Bonchev–Trinajstić information content (AvgIpc) is 2.23. The summed E-state index contributed by atoms with van der Waals surface area (Å²) in [4.78, 5) is 0. The monoisotopic (exact) mass is 211 g/mol. The molecule has 0 aliphatic heterocycles. The molecular formula is C14H29N. The molecule has 90 valence electrons. The first-order valence-electron chi connectivity index (χ1n) is 7.03. The third-order valence-corrected chi connectivity index (χ3v) is 4.03.